The van der Waals surface area contributed by atoms with Crippen LogP contribution in [0.2, 0.25) is 0 Å². The Morgan fingerprint density at radius 2 is 1.90 bits per heavy atom. The fraction of sp³-hybridized carbons (Fsp3) is 0.556. The molecule has 21 heavy (non-hydrogen) atoms. The summed E-state index contributed by atoms with van der Waals surface area (Å²) in [7, 11) is 0. The molecule has 2 heterocycles. The molecule has 2 fully saturated rings. The fourth-order valence-corrected chi connectivity index (χ4v) is 4.11. The first-order valence-corrected chi connectivity index (χ1v) is 8.36. The number of benzene rings is 1. The molecule has 0 amide bonds. The number of hydrogen-bond acceptors (Lipinski definition) is 2. The molecule has 2 N–H and O–H groups in total. The quantitative estimate of drug-likeness (QED) is 0.906. The smallest absolute Gasteiger partial charge is 0.0459 e. The number of para-hydroxylation sites is 1. The highest BCUT2D eigenvalue weighted by atomic mass is 15.2. The number of aromatic amines is 1. The second-order valence-electron chi connectivity index (χ2n) is 6.63. The van der Waals surface area contributed by atoms with Crippen molar-refractivity contribution in [1.82, 2.24) is 15.2 Å². The van der Waals surface area contributed by atoms with Gasteiger partial charge in [-0.05, 0) is 37.3 Å². The van der Waals surface area contributed by atoms with Crippen molar-refractivity contribution in [3.63, 3.8) is 0 Å². The van der Waals surface area contributed by atoms with E-state index in [0.717, 1.165) is 19.0 Å². The molecule has 1 aromatic heterocycles. The van der Waals surface area contributed by atoms with Crippen LogP contribution < -0.4 is 5.32 Å². The van der Waals surface area contributed by atoms with Crippen molar-refractivity contribution < 1.29 is 0 Å². The van der Waals surface area contributed by atoms with Crippen LogP contribution in [0.3, 0.4) is 0 Å². The molecule has 3 heteroatoms. The van der Waals surface area contributed by atoms with Gasteiger partial charge in [0.2, 0.25) is 0 Å². The van der Waals surface area contributed by atoms with E-state index in [1.165, 1.54) is 48.9 Å². The summed E-state index contributed by atoms with van der Waals surface area (Å²) in [4.78, 5) is 6.33. The lowest BCUT2D eigenvalue weighted by Gasteiger charge is -2.43. The number of nitrogens with zero attached hydrogens (tertiary/aromatic N) is 1. The summed E-state index contributed by atoms with van der Waals surface area (Å²) in [5, 5.41) is 4.93. The van der Waals surface area contributed by atoms with Gasteiger partial charge in [-0.2, -0.15) is 0 Å². The van der Waals surface area contributed by atoms with Crippen molar-refractivity contribution in [2.75, 3.05) is 26.2 Å². The van der Waals surface area contributed by atoms with Crippen molar-refractivity contribution >= 4 is 10.9 Å². The minimum atomic E-state index is 0.608. The molecule has 2 aromatic rings. The molecule has 1 aliphatic heterocycles. The first kappa shape index (κ1) is 13.4. The minimum absolute atomic E-state index is 0.608. The van der Waals surface area contributed by atoms with Crippen LogP contribution in [0.25, 0.3) is 10.9 Å². The lowest BCUT2D eigenvalue weighted by atomic mass is 9.75. The molecule has 2 aliphatic rings. The maximum Gasteiger partial charge on any atom is 0.0459 e. The van der Waals surface area contributed by atoms with E-state index >= 15 is 0 Å². The zero-order valence-corrected chi connectivity index (χ0v) is 12.9. The van der Waals surface area contributed by atoms with Gasteiger partial charge in [0.15, 0.2) is 0 Å². The molecule has 1 aromatic carbocycles. The van der Waals surface area contributed by atoms with E-state index in [4.69, 9.17) is 0 Å². The highest BCUT2D eigenvalue weighted by Crippen LogP contribution is 2.44. The lowest BCUT2D eigenvalue weighted by molar-refractivity contribution is 0.0842. The van der Waals surface area contributed by atoms with E-state index in [-0.39, 0.29) is 0 Å². The summed E-state index contributed by atoms with van der Waals surface area (Å²) < 4.78 is 0. The van der Waals surface area contributed by atoms with E-state index in [0.29, 0.717) is 6.04 Å². The Morgan fingerprint density at radius 3 is 2.62 bits per heavy atom. The van der Waals surface area contributed by atoms with E-state index < -0.39 is 0 Å². The third-order valence-electron chi connectivity index (χ3n) is 5.38. The summed E-state index contributed by atoms with van der Waals surface area (Å²) in [6.07, 6.45) is 4.20. The maximum absolute atomic E-state index is 3.61. The third kappa shape index (κ3) is 2.29. The molecule has 0 unspecified atom stereocenters. The molecule has 3 nitrogen and oxygen atoms in total. The van der Waals surface area contributed by atoms with E-state index in [2.05, 4.69) is 46.4 Å². The first-order valence-electron chi connectivity index (χ1n) is 8.36. The zero-order valence-electron chi connectivity index (χ0n) is 12.9. The Kier molecular flexibility index (Phi) is 3.48. The number of aryl methyl sites for hydroxylation is 1. The largest absolute Gasteiger partial charge is 0.358 e. The molecular weight excluding hydrogens is 258 g/mol. The van der Waals surface area contributed by atoms with Crippen molar-refractivity contribution in [2.45, 2.75) is 32.2 Å². The molecule has 1 atom stereocenters. The molecule has 112 valence electrons. The number of nitrogens with one attached hydrogen (secondary N) is 2. The normalized spacial score (nSPS) is 22.3. The SMILES string of the molecule is Cc1[nH]c2ccccc2c1[C@@H](C1CCC1)N1CCNCC1. The van der Waals surface area contributed by atoms with Gasteiger partial charge in [0.05, 0.1) is 0 Å². The molecule has 1 aliphatic carbocycles. The Labute approximate surface area is 126 Å². The number of H-pyrrole nitrogens is 1. The Hall–Kier alpha value is -1.32. The molecular formula is C18H25N3. The Bertz CT molecular complexity index is 620. The van der Waals surface area contributed by atoms with Crippen molar-refractivity contribution in [3.8, 4) is 0 Å². The Balaban J connectivity index is 1.78. The number of rotatable bonds is 3. The Morgan fingerprint density at radius 1 is 1.14 bits per heavy atom. The van der Waals surface area contributed by atoms with Crippen LogP contribution in [0.15, 0.2) is 24.3 Å². The first-order chi connectivity index (χ1) is 10.3. The van der Waals surface area contributed by atoms with Crippen LogP contribution in [-0.4, -0.2) is 36.1 Å². The predicted octanol–water partition coefficient (Wildman–Crippen LogP) is 3.22. The van der Waals surface area contributed by atoms with Crippen LogP contribution in [0.5, 0.6) is 0 Å². The van der Waals surface area contributed by atoms with Gasteiger partial charge in [-0.3, -0.25) is 4.90 Å². The summed E-state index contributed by atoms with van der Waals surface area (Å²) in [6, 6.07) is 9.42. The average Bonchev–Trinajstić information content (AvgIpc) is 2.79. The van der Waals surface area contributed by atoms with Gasteiger partial charge < -0.3 is 10.3 Å². The topological polar surface area (TPSA) is 31.1 Å². The van der Waals surface area contributed by atoms with E-state index in [1.54, 1.807) is 5.56 Å². The van der Waals surface area contributed by atoms with Crippen LogP contribution in [-0.2, 0) is 0 Å². The second kappa shape index (κ2) is 5.47. The molecule has 1 saturated carbocycles. The monoisotopic (exact) mass is 283 g/mol. The second-order valence-corrected chi connectivity index (χ2v) is 6.63. The minimum Gasteiger partial charge on any atom is -0.358 e. The average molecular weight is 283 g/mol. The predicted molar refractivity (Wildman–Crippen MR) is 87.6 cm³/mol. The third-order valence-corrected chi connectivity index (χ3v) is 5.38. The van der Waals surface area contributed by atoms with Crippen LogP contribution in [0.1, 0.15) is 36.6 Å². The van der Waals surface area contributed by atoms with Gasteiger partial charge in [-0.15, -0.1) is 0 Å². The summed E-state index contributed by atoms with van der Waals surface area (Å²) >= 11 is 0. The molecule has 1 saturated heterocycles. The molecule has 0 spiro atoms. The standard InChI is InChI=1S/C18H25N3/c1-13-17(15-7-2-3-8-16(15)20-13)18(14-5-4-6-14)21-11-9-19-10-12-21/h2-3,7-8,14,18-20H,4-6,9-12H2,1H3/t18-/m1/s1. The van der Waals surface area contributed by atoms with Gasteiger partial charge in [0, 0.05) is 48.8 Å². The van der Waals surface area contributed by atoms with Gasteiger partial charge in [0.25, 0.3) is 0 Å². The van der Waals surface area contributed by atoms with Crippen molar-refractivity contribution in [1.29, 1.82) is 0 Å². The van der Waals surface area contributed by atoms with Gasteiger partial charge in [-0.25, -0.2) is 0 Å². The van der Waals surface area contributed by atoms with E-state index in [9.17, 15) is 0 Å². The van der Waals surface area contributed by atoms with Crippen LogP contribution in [0, 0.1) is 12.8 Å². The zero-order chi connectivity index (χ0) is 14.2. The number of hydrogen-bond donors (Lipinski definition) is 2. The van der Waals surface area contributed by atoms with E-state index in [1.807, 2.05) is 0 Å². The molecule has 0 bridgehead atoms. The van der Waals surface area contributed by atoms with Gasteiger partial charge >= 0.3 is 0 Å². The fourth-order valence-electron chi connectivity index (χ4n) is 4.11. The van der Waals surface area contributed by atoms with Gasteiger partial charge in [-0.1, -0.05) is 24.6 Å². The lowest BCUT2D eigenvalue weighted by Crippen LogP contribution is -2.48. The van der Waals surface area contributed by atoms with Crippen molar-refractivity contribution in [2.24, 2.45) is 5.92 Å². The highest BCUT2D eigenvalue weighted by molar-refractivity contribution is 5.85. The van der Waals surface area contributed by atoms with Crippen LogP contribution in [0.4, 0.5) is 0 Å². The summed E-state index contributed by atoms with van der Waals surface area (Å²) in [5.41, 5.74) is 4.23. The summed E-state index contributed by atoms with van der Waals surface area (Å²) in [6.45, 7) is 6.87. The van der Waals surface area contributed by atoms with Gasteiger partial charge in [0.1, 0.15) is 0 Å². The molecule has 0 radical (unpaired) electrons. The number of piperazine rings is 1. The van der Waals surface area contributed by atoms with Crippen LogP contribution >= 0.6 is 0 Å². The number of aromatic nitrogens is 1. The maximum atomic E-state index is 3.61. The van der Waals surface area contributed by atoms with Crippen molar-refractivity contribution in [3.05, 3.63) is 35.5 Å². The number of fused-ring (bicyclic) bond motifs is 1. The highest BCUT2D eigenvalue weighted by Gasteiger charge is 2.35. The molecule has 4 rings (SSSR count). The summed E-state index contributed by atoms with van der Waals surface area (Å²) in [5.74, 6) is 0.848.